The van der Waals surface area contributed by atoms with Crippen LogP contribution in [-0.4, -0.2) is 75.7 Å². The monoisotopic (exact) mass is 490 g/mol. The Labute approximate surface area is 195 Å². The van der Waals surface area contributed by atoms with E-state index in [0.717, 1.165) is 22.9 Å². The summed E-state index contributed by atoms with van der Waals surface area (Å²) < 4.78 is 42.3. The molecular weight excluding hydrogens is 467 g/mol. The minimum Gasteiger partial charge on any atom is -0.339 e. The van der Waals surface area contributed by atoms with E-state index in [-0.39, 0.29) is 42.7 Å². The zero-order valence-electron chi connectivity index (χ0n) is 18.2. The van der Waals surface area contributed by atoms with Crippen molar-refractivity contribution in [2.45, 2.75) is 23.9 Å². The van der Waals surface area contributed by atoms with Gasteiger partial charge in [-0.2, -0.15) is 8.99 Å². The van der Waals surface area contributed by atoms with Gasteiger partial charge in [-0.25, -0.2) is 12.8 Å². The summed E-state index contributed by atoms with van der Waals surface area (Å²) in [5.74, 6) is -0.808. The molecule has 0 spiro atoms. The van der Waals surface area contributed by atoms with Crippen LogP contribution in [0.4, 0.5) is 4.39 Å². The third-order valence-electron chi connectivity index (χ3n) is 5.55. The van der Waals surface area contributed by atoms with Crippen molar-refractivity contribution < 1.29 is 17.6 Å². The summed E-state index contributed by atoms with van der Waals surface area (Å²) in [5.41, 5.74) is 3.08. The number of rotatable bonds is 6. The maximum absolute atomic E-state index is 14.0. The Morgan fingerprint density at radius 3 is 2.48 bits per heavy atom. The smallest absolute Gasteiger partial charge is 0.246 e. The van der Waals surface area contributed by atoms with Crippen LogP contribution in [0.3, 0.4) is 0 Å². The average molecular weight is 491 g/mol. The minimum atomic E-state index is -3.95. The Balaban J connectivity index is 1.36. The van der Waals surface area contributed by atoms with Crippen LogP contribution in [0.1, 0.15) is 11.1 Å². The molecule has 174 valence electrons. The molecule has 1 fully saturated rings. The van der Waals surface area contributed by atoms with Crippen molar-refractivity contribution in [3.8, 4) is 5.69 Å². The van der Waals surface area contributed by atoms with Gasteiger partial charge in [-0.15, -0.1) is 5.10 Å². The lowest BCUT2D eigenvalue weighted by Gasteiger charge is -2.34. The fourth-order valence-corrected chi connectivity index (χ4v) is 5.76. The minimum absolute atomic E-state index is 0.105. The number of amides is 1. The third-order valence-corrected chi connectivity index (χ3v) is 8.38. The van der Waals surface area contributed by atoms with Crippen LogP contribution < -0.4 is 0 Å². The lowest BCUT2D eigenvalue weighted by Crippen LogP contribution is -2.51. The predicted molar refractivity (Wildman–Crippen MR) is 121 cm³/mol. The molecule has 0 saturated carbocycles. The summed E-state index contributed by atoms with van der Waals surface area (Å²) in [6.45, 7) is 4.70. The van der Waals surface area contributed by atoms with Crippen molar-refractivity contribution in [1.82, 2.24) is 29.4 Å². The number of nitrogens with zero attached hydrogens (tertiary/aromatic N) is 6. The van der Waals surface area contributed by atoms with Gasteiger partial charge in [0.15, 0.2) is 0 Å². The van der Waals surface area contributed by atoms with Crippen LogP contribution in [0.15, 0.2) is 52.5 Å². The van der Waals surface area contributed by atoms with Gasteiger partial charge in [0.2, 0.25) is 21.1 Å². The molecular formula is C21H23FN6O3S2. The summed E-state index contributed by atoms with van der Waals surface area (Å²) in [7, 11) is -3.95. The van der Waals surface area contributed by atoms with Crippen LogP contribution >= 0.6 is 11.8 Å². The number of hydrogen-bond donors (Lipinski definition) is 0. The second-order valence-electron chi connectivity index (χ2n) is 7.65. The van der Waals surface area contributed by atoms with Gasteiger partial charge in [0.05, 0.1) is 11.4 Å². The number of hydrogen-bond acceptors (Lipinski definition) is 7. The van der Waals surface area contributed by atoms with E-state index in [1.54, 1.807) is 9.58 Å². The third kappa shape index (κ3) is 4.92. The van der Waals surface area contributed by atoms with E-state index < -0.39 is 15.8 Å². The zero-order valence-corrected chi connectivity index (χ0v) is 19.8. The van der Waals surface area contributed by atoms with Crippen molar-refractivity contribution >= 4 is 27.7 Å². The number of sulfonamides is 1. The summed E-state index contributed by atoms with van der Waals surface area (Å²) in [6.07, 6.45) is 0. The molecule has 4 rings (SSSR count). The standard InChI is InChI=1S/C21H23FN6O3S2/c1-15-7-8-17(13-16(15)2)28-21(23-24-25-28)32-14-20(29)26-9-11-27(12-10-26)33(30,31)19-6-4-3-5-18(19)22/h3-8,13H,9-12,14H2,1-2H3. The van der Waals surface area contributed by atoms with E-state index in [0.29, 0.717) is 5.16 Å². The fourth-order valence-electron chi connectivity index (χ4n) is 3.48. The molecule has 1 amide bonds. The molecule has 2 aromatic carbocycles. The van der Waals surface area contributed by atoms with Gasteiger partial charge in [0, 0.05) is 26.2 Å². The highest BCUT2D eigenvalue weighted by Crippen LogP contribution is 2.23. The molecule has 33 heavy (non-hydrogen) atoms. The normalized spacial score (nSPS) is 15.1. The van der Waals surface area contributed by atoms with E-state index >= 15 is 0 Å². The Hall–Kier alpha value is -2.83. The van der Waals surface area contributed by atoms with Crippen LogP contribution in [0.2, 0.25) is 0 Å². The maximum Gasteiger partial charge on any atom is 0.246 e. The highest BCUT2D eigenvalue weighted by Gasteiger charge is 2.31. The number of carbonyl (C=O) groups is 1. The molecule has 3 aromatic rings. The summed E-state index contributed by atoms with van der Waals surface area (Å²) in [5, 5.41) is 12.3. The SMILES string of the molecule is Cc1ccc(-n2nnnc2SCC(=O)N2CCN(S(=O)(=O)c3ccccc3F)CC2)cc1C. The number of thioether (sulfide) groups is 1. The highest BCUT2D eigenvalue weighted by atomic mass is 32.2. The average Bonchev–Trinajstić information content (AvgIpc) is 3.28. The van der Waals surface area contributed by atoms with Gasteiger partial charge in [0.25, 0.3) is 0 Å². The summed E-state index contributed by atoms with van der Waals surface area (Å²) in [6, 6.07) is 11.2. The molecule has 0 N–H and O–H groups in total. The first kappa shape index (κ1) is 23.3. The molecule has 12 heteroatoms. The number of carbonyl (C=O) groups excluding carboxylic acids is 1. The number of piperazine rings is 1. The Kier molecular flexibility index (Phi) is 6.77. The zero-order chi connectivity index (χ0) is 23.6. The molecule has 0 bridgehead atoms. The van der Waals surface area contributed by atoms with Crippen molar-refractivity contribution in [1.29, 1.82) is 0 Å². The highest BCUT2D eigenvalue weighted by molar-refractivity contribution is 7.99. The lowest BCUT2D eigenvalue weighted by molar-refractivity contribution is -0.129. The van der Waals surface area contributed by atoms with Gasteiger partial charge in [0.1, 0.15) is 10.7 Å². The van der Waals surface area contributed by atoms with Crippen molar-refractivity contribution in [2.75, 3.05) is 31.9 Å². The van der Waals surface area contributed by atoms with E-state index in [1.165, 1.54) is 34.3 Å². The van der Waals surface area contributed by atoms with E-state index in [4.69, 9.17) is 0 Å². The van der Waals surface area contributed by atoms with E-state index in [2.05, 4.69) is 15.5 Å². The molecule has 2 heterocycles. The van der Waals surface area contributed by atoms with Crippen LogP contribution in [0.25, 0.3) is 5.69 Å². The topological polar surface area (TPSA) is 101 Å². The van der Waals surface area contributed by atoms with Crippen LogP contribution in [-0.2, 0) is 14.8 Å². The van der Waals surface area contributed by atoms with Crippen molar-refractivity contribution in [3.63, 3.8) is 0 Å². The Bertz CT molecular complexity index is 1270. The number of halogens is 1. The van der Waals surface area contributed by atoms with E-state index in [9.17, 15) is 17.6 Å². The molecule has 0 atom stereocenters. The summed E-state index contributed by atoms with van der Waals surface area (Å²) >= 11 is 1.22. The Morgan fingerprint density at radius 1 is 1.06 bits per heavy atom. The van der Waals surface area contributed by atoms with Crippen LogP contribution in [0.5, 0.6) is 0 Å². The first-order chi connectivity index (χ1) is 15.8. The molecule has 1 aromatic heterocycles. The molecule has 0 radical (unpaired) electrons. The number of aryl methyl sites for hydroxylation is 2. The number of aromatic nitrogens is 4. The van der Waals surface area contributed by atoms with E-state index in [1.807, 2.05) is 32.0 Å². The van der Waals surface area contributed by atoms with Gasteiger partial charge >= 0.3 is 0 Å². The molecule has 1 aliphatic heterocycles. The lowest BCUT2D eigenvalue weighted by atomic mass is 10.1. The number of tetrazole rings is 1. The molecule has 9 nitrogen and oxygen atoms in total. The van der Waals surface area contributed by atoms with Crippen molar-refractivity contribution in [2.24, 2.45) is 0 Å². The first-order valence-corrected chi connectivity index (χ1v) is 12.7. The quantitative estimate of drug-likeness (QED) is 0.488. The second-order valence-corrected chi connectivity index (χ2v) is 10.5. The van der Waals surface area contributed by atoms with Gasteiger partial charge in [-0.05, 0) is 59.7 Å². The van der Waals surface area contributed by atoms with Gasteiger partial charge in [-0.1, -0.05) is 30.0 Å². The second kappa shape index (κ2) is 9.57. The van der Waals surface area contributed by atoms with Crippen molar-refractivity contribution in [3.05, 3.63) is 59.4 Å². The largest absolute Gasteiger partial charge is 0.339 e. The van der Waals surface area contributed by atoms with Gasteiger partial charge in [-0.3, -0.25) is 4.79 Å². The summed E-state index contributed by atoms with van der Waals surface area (Å²) in [4.78, 5) is 14.0. The maximum atomic E-state index is 14.0. The molecule has 0 aliphatic carbocycles. The predicted octanol–water partition coefficient (Wildman–Crippen LogP) is 2.04. The van der Waals surface area contributed by atoms with Crippen LogP contribution in [0, 0.1) is 19.7 Å². The number of benzene rings is 2. The molecule has 0 unspecified atom stereocenters. The first-order valence-electron chi connectivity index (χ1n) is 10.3. The molecule has 1 aliphatic rings. The Morgan fingerprint density at radius 2 is 1.79 bits per heavy atom. The van der Waals surface area contributed by atoms with Gasteiger partial charge < -0.3 is 4.90 Å². The molecule has 1 saturated heterocycles. The fraction of sp³-hybridized carbons (Fsp3) is 0.333.